The third-order valence-corrected chi connectivity index (χ3v) is 7.19. The largest absolute Gasteiger partial charge is 0.444 e. The minimum absolute atomic E-state index is 0.105. The lowest BCUT2D eigenvalue weighted by atomic mass is 9.83. The van der Waals surface area contributed by atoms with Gasteiger partial charge in [0.1, 0.15) is 17.7 Å². The summed E-state index contributed by atoms with van der Waals surface area (Å²) in [6, 6.07) is 6.49. The number of amides is 3. The predicted octanol–water partition coefficient (Wildman–Crippen LogP) is 2.38. The molecular formula is C30H45N5O6. The highest BCUT2D eigenvalue weighted by atomic mass is 16.6. The maximum atomic E-state index is 13.6. The molecule has 1 saturated carbocycles. The molecule has 0 spiro atoms. The molecule has 1 aliphatic carbocycles. The van der Waals surface area contributed by atoms with Gasteiger partial charge in [0.15, 0.2) is 0 Å². The average molecular weight is 572 g/mol. The first kappa shape index (κ1) is 32.1. The fraction of sp³-hybridized carbons (Fsp3) is 0.600. The SMILES string of the molecule is CC(C)(C)OC(=O)N[C@@H](Cc1ccccc1)C(=O)N[C@@H](Cc1cnc[nH]1)C(=O)N[C@@H](CC1CCCCC1)[C@@H](O)CO. The Morgan fingerprint density at radius 3 is 2.27 bits per heavy atom. The third-order valence-electron chi connectivity index (χ3n) is 7.19. The maximum absolute atomic E-state index is 13.6. The Morgan fingerprint density at radius 2 is 1.66 bits per heavy atom. The predicted molar refractivity (Wildman–Crippen MR) is 154 cm³/mol. The van der Waals surface area contributed by atoms with Gasteiger partial charge >= 0.3 is 6.09 Å². The lowest BCUT2D eigenvalue weighted by molar-refractivity contribution is -0.131. The highest BCUT2D eigenvalue weighted by Gasteiger charge is 2.32. The van der Waals surface area contributed by atoms with Crippen LogP contribution in [0, 0.1) is 5.92 Å². The second-order valence-electron chi connectivity index (χ2n) is 11.8. The Balaban J connectivity index is 1.78. The number of aromatic nitrogens is 2. The van der Waals surface area contributed by atoms with E-state index in [1.807, 2.05) is 30.3 Å². The van der Waals surface area contributed by atoms with E-state index in [0.717, 1.165) is 31.2 Å². The number of imidazole rings is 1. The fourth-order valence-corrected chi connectivity index (χ4v) is 5.11. The van der Waals surface area contributed by atoms with Crippen molar-refractivity contribution in [2.75, 3.05) is 6.61 Å². The van der Waals surface area contributed by atoms with E-state index in [9.17, 15) is 24.6 Å². The number of H-pyrrole nitrogens is 1. The molecular weight excluding hydrogens is 526 g/mol. The summed E-state index contributed by atoms with van der Waals surface area (Å²) in [5, 5.41) is 28.5. The van der Waals surface area contributed by atoms with Gasteiger partial charge in [-0.2, -0.15) is 0 Å². The first-order valence-electron chi connectivity index (χ1n) is 14.4. The van der Waals surface area contributed by atoms with Gasteiger partial charge in [-0.25, -0.2) is 9.78 Å². The summed E-state index contributed by atoms with van der Waals surface area (Å²) in [6.45, 7) is 4.70. The summed E-state index contributed by atoms with van der Waals surface area (Å²) in [5.74, 6) is -0.730. The van der Waals surface area contributed by atoms with Crippen molar-refractivity contribution in [1.29, 1.82) is 0 Å². The molecule has 41 heavy (non-hydrogen) atoms. The van der Waals surface area contributed by atoms with Gasteiger partial charge in [-0.3, -0.25) is 9.59 Å². The molecule has 6 N–H and O–H groups in total. The molecule has 0 unspecified atom stereocenters. The van der Waals surface area contributed by atoms with Crippen molar-refractivity contribution in [3.05, 3.63) is 54.1 Å². The van der Waals surface area contributed by atoms with Crippen LogP contribution in [-0.2, 0) is 27.2 Å². The minimum Gasteiger partial charge on any atom is -0.444 e. The first-order chi connectivity index (χ1) is 19.5. The molecule has 11 nitrogen and oxygen atoms in total. The van der Waals surface area contributed by atoms with Gasteiger partial charge in [0, 0.05) is 24.7 Å². The second-order valence-corrected chi connectivity index (χ2v) is 11.8. The molecule has 0 saturated heterocycles. The van der Waals surface area contributed by atoms with E-state index >= 15 is 0 Å². The Hall–Kier alpha value is -3.44. The molecule has 226 valence electrons. The molecule has 1 aliphatic rings. The van der Waals surface area contributed by atoms with Gasteiger partial charge in [0.05, 0.1) is 25.1 Å². The van der Waals surface area contributed by atoms with E-state index in [1.54, 1.807) is 27.0 Å². The lowest BCUT2D eigenvalue weighted by Gasteiger charge is -2.31. The molecule has 1 heterocycles. The van der Waals surface area contributed by atoms with E-state index < -0.39 is 54.3 Å². The number of hydrogen-bond acceptors (Lipinski definition) is 7. The second kappa shape index (κ2) is 15.5. The summed E-state index contributed by atoms with van der Waals surface area (Å²) in [5.41, 5.74) is 0.676. The molecule has 0 bridgehead atoms. The van der Waals surface area contributed by atoms with Crippen molar-refractivity contribution in [2.24, 2.45) is 5.92 Å². The number of aliphatic hydroxyl groups excluding tert-OH is 2. The van der Waals surface area contributed by atoms with Crippen LogP contribution in [-0.4, -0.2) is 74.5 Å². The van der Waals surface area contributed by atoms with Gasteiger partial charge in [0.25, 0.3) is 0 Å². The fourth-order valence-electron chi connectivity index (χ4n) is 5.11. The Kier molecular flexibility index (Phi) is 12.2. The highest BCUT2D eigenvalue weighted by Crippen LogP contribution is 2.28. The van der Waals surface area contributed by atoms with E-state index in [1.165, 1.54) is 12.7 Å². The number of alkyl carbamates (subject to hydrolysis) is 1. The molecule has 1 fully saturated rings. The zero-order valence-electron chi connectivity index (χ0n) is 24.3. The van der Waals surface area contributed by atoms with Gasteiger partial charge < -0.3 is 35.9 Å². The minimum atomic E-state index is -1.14. The van der Waals surface area contributed by atoms with Crippen LogP contribution < -0.4 is 16.0 Å². The number of hydrogen-bond donors (Lipinski definition) is 6. The topological polar surface area (TPSA) is 166 Å². The number of nitrogens with one attached hydrogen (secondary N) is 4. The zero-order chi connectivity index (χ0) is 29.8. The van der Waals surface area contributed by atoms with Crippen LogP contribution >= 0.6 is 0 Å². The zero-order valence-corrected chi connectivity index (χ0v) is 24.3. The Bertz CT molecular complexity index is 1080. The standard InChI is InChI=1S/C30H45N5O6/c1-30(2,3)41-29(40)35-24(15-21-12-8-5-9-13-21)27(38)34-25(16-22-17-31-19-32-22)28(39)33-23(26(37)18-36)14-20-10-6-4-7-11-20/h5,8-9,12-13,17,19-20,23-26,36-37H,4,6-7,10-11,14-16,18H2,1-3H3,(H,31,32)(H,33,39)(H,34,38)(H,35,40)/t23-,24-,25-,26-/m0/s1. The Labute approximate surface area is 241 Å². The molecule has 3 amide bonds. The number of nitrogens with zero attached hydrogens (tertiary/aromatic N) is 1. The number of carbonyl (C=O) groups excluding carboxylic acids is 3. The summed E-state index contributed by atoms with van der Waals surface area (Å²) in [4.78, 5) is 46.8. The number of aliphatic hydroxyl groups is 2. The maximum Gasteiger partial charge on any atom is 0.408 e. The summed E-state index contributed by atoms with van der Waals surface area (Å²) < 4.78 is 5.38. The van der Waals surface area contributed by atoms with Crippen LogP contribution in [0.15, 0.2) is 42.9 Å². The Morgan fingerprint density at radius 1 is 1.00 bits per heavy atom. The van der Waals surface area contributed by atoms with E-state index in [-0.39, 0.29) is 12.8 Å². The molecule has 1 aromatic heterocycles. The van der Waals surface area contributed by atoms with Crippen molar-refractivity contribution >= 4 is 17.9 Å². The molecule has 4 atom stereocenters. The smallest absolute Gasteiger partial charge is 0.408 e. The van der Waals surface area contributed by atoms with Gasteiger partial charge in [-0.05, 0) is 38.7 Å². The van der Waals surface area contributed by atoms with Crippen molar-refractivity contribution < 1.29 is 29.3 Å². The quantitative estimate of drug-likeness (QED) is 0.215. The number of aromatic amines is 1. The van der Waals surface area contributed by atoms with Gasteiger partial charge in [-0.1, -0.05) is 62.4 Å². The van der Waals surface area contributed by atoms with Crippen molar-refractivity contribution in [1.82, 2.24) is 25.9 Å². The summed E-state index contributed by atoms with van der Waals surface area (Å²) >= 11 is 0. The van der Waals surface area contributed by atoms with Crippen LogP contribution in [0.1, 0.15) is 70.6 Å². The molecule has 1 aromatic carbocycles. The van der Waals surface area contributed by atoms with Crippen LogP contribution in [0.5, 0.6) is 0 Å². The van der Waals surface area contributed by atoms with Crippen LogP contribution in [0.2, 0.25) is 0 Å². The monoisotopic (exact) mass is 571 g/mol. The van der Waals surface area contributed by atoms with Crippen LogP contribution in [0.25, 0.3) is 0 Å². The lowest BCUT2D eigenvalue weighted by Crippen LogP contribution is -2.58. The van der Waals surface area contributed by atoms with E-state index in [2.05, 4.69) is 25.9 Å². The highest BCUT2D eigenvalue weighted by molar-refractivity contribution is 5.91. The summed E-state index contributed by atoms with van der Waals surface area (Å²) in [7, 11) is 0. The van der Waals surface area contributed by atoms with Crippen molar-refractivity contribution in [2.45, 2.75) is 102 Å². The molecule has 2 aromatic rings. The number of carbonyl (C=O) groups is 3. The first-order valence-corrected chi connectivity index (χ1v) is 14.4. The molecule has 11 heteroatoms. The van der Waals surface area contributed by atoms with Crippen molar-refractivity contribution in [3.63, 3.8) is 0 Å². The number of benzene rings is 1. The van der Waals surface area contributed by atoms with E-state index in [4.69, 9.17) is 4.74 Å². The van der Waals surface area contributed by atoms with Gasteiger partial charge in [0.2, 0.25) is 11.8 Å². The molecule has 3 rings (SSSR count). The normalized spacial score (nSPS) is 17.1. The van der Waals surface area contributed by atoms with Crippen LogP contribution in [0.3, 0.4) is 0 Å². The third kappa shape index (κ3) is 11.2. The number of rotatable bonds is 13. The number of ether oxygens (including phenoxy) is 1. The van der Waals surface area contributed by atoms with E-state index in [0.29, 0.717) is 18.0 Å². The van der Waals surface area contributed by atoms with Crippen molar-refractivity contribution in [3.8, 4) is 0 Å². The molecule has 0 aliphatic heterocycles. The molecule has 0 radical (unpaired) electrons. The van der Waals surface area contributed by atoms with Gasteiger partial charge in [-0.15, -0.1) is 0 Å². The average Bonchev–Trinajstić information content (AvgIpc) is 3.45. The summed E-state index contributed by atoms with van der Waals surface area (Å²) in [6.07, 6.45) is 7.39. The van der Waals surface area contributed by atoms with Crippen LogP contribution in [0.4, 0.5) is 4.79 Å².